The van der Waals surface area contributed by atoms with Crippen LogP contribution in [0.15, 0.2) is 28.0 Å². The summed E-state index contributed by atoms with van der Waals surface area (Å²) in [6.07, 6.45) is 0.783. The first-order valence-electron chi connectivity index (χ1n) is 12.0. The Hall–Kier alpha value is -2.79. The molecule has 4 aliphatic rings. The van der Waals surface area contributed by atoms with Gasteiger partial charge in [0.2, 0.25) is 11.8 Å². The molecule has 11 heteroatoms. The Kier molecular flexibility index (Phi) is 5.67. The summed E-state index contributed by atoms with van der Waals surface area (Å²) in [4.78, 5) is 56.3. The van der Waals surface area contributed by atoms with Crippen molar-refractivity contribution < 1.29 is 28.6 Å². The normalized spacial score (nSPS) is 31.8. The number of esters is 1. The average molecular weight is 531 g/mol. The molecule has 0 unspecified atom stereocenters. The Morgan fingerprint density at radius 1 is 1.08 bits per heavy atom. The number of H-pyrrole nitrogens is 1. The Morgan fingerprint density at radius 2 is 1.81 bits per heavy atom. The second-order valence-electron chi connectivity index (χ2n) is 9.64. The fraction of sp³-hybridized carbons (Fsp3) is 0.520. The second kappa shape index (κ2) is 8.65. The van der Waals surface area contributed by atoms with Crippen LogP contribution in [-0.2, 0) is 19.1 Å². The van der Waals surface area contributed by atoms with E-state index in [0.717, 1.165) is 26.8 Å². The van der Waals surface area contributed by atoms with Crippen molar-refractivity contribution in [1.29, 1.82) is 0 Å². The van der Waals surface area contributed by atoms with E-state index in [0.29, 0.717) is 11.5 Å². The first-order valence-corrected chi connectivity index (χ1v) is 13.7. The molecule has 3 heterocycles. The predicted octanol–water partition coefficient (Wildman–Crippen LogP) is 2.49. The summed E-state index contributed by atoms with van der Waals surface area (Å²) < 4.78 is 16.0. The highest BCUT2D eigenvalue weighted by Gasteiger charge is 2.69. The van der Waals surface area contributed by atoms with E-state index in [1.54, 1.807) is 32.9 Å². The van der Waals surface area contributed by atoms with Crippen LogP contribution in [0.3, 0.4) is 0 Å². The summed E-state index contributed by atoms with van der Waals surface area (Å²) >= 11 is 2.83. The molecule has 1 saturated heterocycles. The van der Waals surface area contributed by atoms with E-state index >= 15 is 0 Å². The third-order valence-corrected chi connectivity index (χ3v) is 10.8. The van der Waals surface area contributed by atoms with Gasteiger partial charge in [-0.3, -0.25) is 24.1 Å². The van der Waals surface area contributed by atoms with Crippen LogP contribution in [0.5, 0.6) is 11.5 Å². The lowest BCUT2D eigenvalue weighted by Crippen LogP contribution is -2.42. The predicted molar refractivity (Wildman–Crippen MR) is 131 cm³/mol. The lowest BCUT2D eigenvalue weighted by atomic mass is 9.68. The summed E-state index contributed by atoms with van der Waals surface area (Å²) in [5.74, 6) is -0.839. The van der Waals surface area contributed by atoms with Crippen LogP contribution >= 0.6 is 23.1 Å². The van der Waals surface area contributed by atoms with E-state index in [1.165, 1.54) is 11.3 Å². The van der Waals surface area contributed by atoms with Gasteiger partial charge in [0, 0.05) is 16.0 Å². The SMILES string of the molecule is CCOC(=O)CN1C(=O)[C@H]2[C@@H]3C[C@H]([C@@H]2C1=O)[C@H]1[C@H](c2ccc(OC)c(OC)c2)c2sc(=O)[nH]c2S[C@H]31. The molecule has 7 atom stereocenters. The monoisotopic (exact) mass is 530 g/mol. The summed E-state index contributed by atoms with van der Waals surface area (Å²) in [5.41, 5.74) is 0.990. The van der Waals surface area contributed by atoms with Crippen molar-refractivity contribution in [3.63, 3.8) is 0 Å². The summed E-state index contributed by atoms with van der Waals surface area (Å²) in [6, 6.07) is 5.80. The minimum atomic E-state index is -0.568. The number of imide groups is 1. The van der Waals surface area contributed by atoms with Crippen molar-refractivity contribution in [3.05, 3.63) is 38.3 Å². The van der Waals surface area contributed by atoms with Crippen LogP contribution in [0.4, 0.5) is 0 Å². The Morgan fingerprint density at radius 3 is 2.50 bits per heavy atom. The van der Waals surface area contributed by atoms with Crippen molar-refractivity contribution in [1.82, 2.24) is 9.88 Å². The molecule has 6 rings (SSSR count). The maximum atomic E-state index is 13.5. The Balaban J connectivity index is 1.41. The molecule has 2 aromatic rings. The highest BCUT2D eigenvalue weighted by molar-refractivity contribution is 8.00. The molecule has 0 radical (unpaired) electrons. The van der Waals surface area contributed by atoms with Gasteiger partial charge in [-0.1, -0.05) is 17.4 Å². The highest BCUT2D eigenvalue weighted by atomic mass is 32.2. The number of ether oxygens (including phenoxy) is 3. The number of nitrogens with one attached hydrogen (secondary N) is 1. The molecule has 1 N–H and O–H groups in total. The number of fused-ring (bicyclic) bond motifs is 9. The van der Waals surface area contributed by atoms with Gasteiger partial charge in [-0.05, 0) is 48.8 Å². The number of aromatic nitrogens is 1. The van der Waals surface area contributed by atoms with Crippen LogP contribution in [-0.4, -0.2) is 60.3 Å². The molecule has 0 spiro atoms. The molecule has 9 nitrogen and oxygen atoms in total. The van der Waals surface area contributed by atoms with Gasteiger partial charge in [-0.15, -0.1) is 11.8 Å². The molecule has 3 fully saturated rings. The molecule has 2 aliphatic heterocycles. The van der Waals surface area contributed by atoms with E-state index < -0.39 is 17.8 Å². The number of thiazole rings is 1. The lowest BCUT2D eigenvalue weighted by molar-refractivity contribution is -0.153. The number of carbonyl (C=O) groups excluding carboxylic acids is 3. The number of amides is 2. The quantitative estimate of drug-likeness (QED) is 0.448. The smallest absolute Gasteiger partial charge is 0.326 e. The van der Waals surface area contributed by atoms with Crippen LogP contribution in [0.1, 0.15) is 29.7 Å². The number of aromatic amines is 1. The zero-order valence-corrected chi connectivity index (χ0v) is 21.6. The number of hydrogen-bond acceptors (Lipinski definition) is 9. The van der Waals surface area contributed by atoms with Gasteiger partial charge < -0.3 is 19.2 Å². The Labute approximate surface area is 215 Å². The number of benzene rings is 1. The third kappa shape index (κ3) is 3.28. The maximum Gasteiger partial charge on any atom is 0.326 e. The minimum absolute atomic E-state index is 0.00200. The highest BCUT2D eigenvalue weighted by Crippen LogP contribution is 2.68. The van der Waals surface area contributed by atoms with E-state index in [9.17, 15) is 19.2 Å². The third-order valence-electron chi connectivity index (χ3n) is 8.17. The molecule has 2 amide bonds. The first kappa shape index (κ1) is 23.6. The summed E-state index contributed by atoms with van der Waals surface area (Å²) in [6.45, 7) is 1.56. The zero-order chi connectivity index (χ0) is 25.3. The van der Waals surface area contributed by atoms with E-state index in [4.69, 9.17) is 14.2 Å². The van der Waals surface area contributed by atoms with Crippen LogP contribution < -0.4 is 14.3 Å². The summed E-state index contributed by atoms with van der Waals surface area (Å²) in [7, 11) is 3.17. The number of thioether (sulfide) groups is 1. The number of nitrogens with zero attached hydrogens (tertiary/aromatic N) is 1. The average Bonchev–Trinajstić information content (AvgIpc) is 3.59. The molecule has 36 heavy (non-hydrogen) atoms. The van der Waals surface area contributed by atoms with Crippen LogP contribution in [0, 0.1) is 29.6 Å². The number of methoxy groups -OCH3 is 2. The van der Waals surface area contributed by atoms with Crippen molar-refractivity contribution in [2.24, 2.45) is 29.6 Å². The number of hydrogen-bond donors (Lipinski definition) is 1. The topological polar surface area (TPSA) is 115 Å². The molecular weight excluding hydrogens is 504 g/mol. The van der Waals surface area contributed by atoms with Crippen LogP contribution in [0.25, 0.3) is 0 Å². The van der Waals surface area contributed by atoms with Gasteiger partial charge in [0.15, 0.2) is 11.5 Å². The van der Waals surface area contributed by atoms with Gasteiger partial charge in [-0.2, -0.15) is 0 Å². The van der Waals surface area contributed by atoms with E-state index in [2.05, 4.69) is 4.98 Å². The van der Waals surface area contributed by atoms with Gasteiger partial charge in [-0.25, -0.2) is 0 Å². The first-order chi connectivity index (χ1) is 17.4. The van der Waals surface area contributed by atoms with Crippen molar-refractivity contribution in [2.45, 2.75) is 29.5 Å². The van der Waals surface area contributed by atoms with Gasteiger partial charge in [0.25, 0.3) is 0 Å². The maximum absolute atomic E-state index is 13.5. The zero-order valence-electron chi connectivity index (χ0n) is 20.0. The van der Waals surface area contributed by atoms with E-state index in [-0.39, 0.29) is 58.8 Å². The molecule has 1 aromatic heterocycles. The fourth-order valence-corrected chi connectivity index (χ4v) is 9.88. The second-order valence-corrected chi connectivity index (χ2v) is 11.8. The van der Waals surface area contributed by atoms with Crippen molar-refractivity contribution in [2.75, 3.05) is 27.4 Å². The molecule has 1 aromatic carbocycles. The van der Waals surface area contributed by atoms with E-state index in [1.807, 2.05) is 18.2 Å². The summed E-state index contributed by atoms with van der Waals surface area (Å²) in [5, 5.41) is 0.918. The van der Waals surface area contributed by atoms with Gasteiger partial charge >= 0.3 is 10.8 Å². The minimum Gasteiger partial charge on any atom is -0.493 e. The van der Waals surface area contributed by atoms with Gasteiger partial charge in [0.1, 0.15) is 6.54 Å². The molecule has 2 saturated carbocycles. The molecule has 190 valence electrons. The lowest BCUT2D eigenvalue weighted by Gasteiger charge is -2.43. The number of rotatable bonds is 6. The number of likely N-dealkylation sites (tertiary alicyclic amines) is 1. The standard InChI is InChI=1S/C25H26N2O7S2/c1-4-34-15(28)9-27-23(29)18-11-8-12(19(18)24(27)30)20-17(11)16(21-22(35-20)26-25(31)36-21)10-5-6-13(32-2)14(7-10)33-3/h5-7,11-12,16-20H,4,8-9H2,1-3H3,(H,26,31)/t11-,12-,16-,17-,18-,19-,20+/m0/s1. The van der Waals surface area contributed by atoms with Crippen LogP contribution in [0.2, 0.25) is 0 Å². The fourth-order valence-electron chi connectivity index (χ4n) is 6.99. The Bertz CT molecular complexity index is 1320. The van der Waals surface area contributed by atoms with Crippen molar-refractivity contribution >= 4 is 40.9 Å². The number of carbonyl (C=O) groups is 3. The largest absolute Gasteiger partial charge is 0.493 e. The molecular formula is C25H26N2O7S2. The van der Waals surface area contributed by atoms with Crippen molar-refractivity contribution in [3.8, 4) is 11.5 Å². The molecule has 2 bridgehead atoms. The van der Waals surface area contributed by atoms with Gasteiger partial charge in [0.05, 0.1) is 37.7 Å². The molecule has 2 aliphatic carbocycles.